The topological polar surface area (TPSA) is 71.5 Å². The Kier molecular flexibility index (Phi) is 4.01. The first-order chi connectivity index (χ1) is 12.6. The fourth-order valence-electron chi connectivity index (χ4n) is 3.01. The van der Waals surface area contributed by atoms with Crippen LogP contribution in [0.15, 0.2) is 54.7 Å². The molecule has 0 aliphatic carbocycles. The molecule has 2 aromatic carbocycles. The summed E-state index contributed by atoms with van der Waals surface area (Å²) < 4.78 is 5.41. The Bertz CT molecular complexity index is 1010. The fourth-order valence-corrected chi connectivity index (χ4v) is 3.01. The molecule has 130 valence electrons. The molecule has 26 heavy (non-hydrogen) atoms. The van der Waals surface area contributed by atoms with E-state index in [9.17, 15) is 9.59 Å². The third-order valence-corrected chi connectivity index (χ3v) is 4.38. The van der Waals surface area contributed by atoms with Gasteiger partial charge < -0.3 is 15.0 Å². The summed E-state index contributed by atoms with van der Waals surface area (Å²) in [4.78, 5) is 30.2. The van der Waals surface area contributed by atoms with E-state index in [1.165, 1.54) is 0 Å². The highest BCUT2D eigenvalue weighted by atomic mass is 16.5. The standard InChI is InChI=1S/C20H17N3O3/c1-23-16-10-13(7-8-17(16)26-12-19(23)25)11-18(24)22-15-6-2-4-14-5-3-9-21-20(14)15/h2-10H,11-12H2,1H3,(H,22,24). The third-order valence-electron chi connectivity index (χ3n) is 4.38. The molecule has 6 heteroatoms. The molecule has 1 aromatic heterocycles. The normalized spacial score (nSPS) is 13.3. The van der Waals surface area contributed by atoms with Gasteiger partial charge in [0.05, 0.1) is 23.3 Å². The predicted molar refractivity (Wildman–Crippen MR) is 99.4 cm³/mol. The Morgan fingerprint density at radius 3 is 2.96 bits per heavy atom. The first-order valence-corrected chi connectivity index (χ1v) is 8.28. The number of benzene rings is 2. The third kappa shape index (κ3) is 2.97. The molecule has 0 spiro atoms. The van der Waals surface area contributed by atoms with Gasteiger partial charge in [0.2, 0.25) is 5.91 Å². The molecule has 0 unspecified atom stereocenters. The Hall–Kier alpha value is -3.41. The molecule has 2 amide bonds. The highest BCUT2D eigenvalue weighted by molar-refractivity contribution is 6.01. The SMILES string of the molecule is CN1C(=O)COc2ccc(CC(=O)Nc3cccc4cccnc34)cc21. The summed E-state index contributed by atoms with van der Waals surface area (Å²) in [5, 5.41) is 3.89. The number of pyridine rings is 1. The van der Waals surface area contributed by atoms with E-state index < -0.39 is 0 Å². The van der Waals surface area contributed by atoms with Crippen molar-refractivity contribution in [2.75, 3.05) is 23.9 Å². The van der Waals surface area contributed by atoms with Gasteiger partial charge in [0.1, 0.15) is 5.75 Å². The molecule has 6 nitrogen and oxygen atoms in total. The van der Waals surface area contributed by atoms with E-state index in [1.807, 2.05) is 42.5 Å². The second-order valence-electron chi connectivity index (χ2n) is 6.15. The van der Waals surface area contributed by atoms with E-state index in [0.29, 0.717) is 17.1 Å². The molecule has 1 N–H and O–H groups in total. The largest absolute Gasteiger partial charge is 0.482 e. The summed E-state index contributed by atoms with van der Waals surface area (Å²) in [5.74, 6) is 0.393. The van der Waals surface area contributed by atoms with Gasteiger partial charge in [-0.05, 0) is 29.8 Å². The maximum atomic E-state index is 12.5. The van der Waals surface area contributed by atoms with Crippen molar-refractivity contribution >= 4 is 34.1 Å². The molecule has 0 fully saturated rings. The van der Waals surface area contributed by atoms with Gasteiger partial charge >= 0.3 is 0 Å². The maximum absolute atomic E-state index is 12.5. The number of hydrogen-bond acceptors (Lipinski definition) is 4. The van der Waals surface area contributed by atoms with E-state index >= 15 is 0 Å². The van der Waals surface area contributed by atoms with Gasteiger partial charge in [-0.3, -0.25) is 14.6 Å². The van der Waals surface area contributed by atoms with Gasteiger partial charge in [-0.25, -0.2) is 0 Å². The zero-order valence-corrected chi connectivity index (χ0v) is 14.2. The minimum Gasteiger partial charge on any atom is -0.482 e. The molecule has 1 aliphatic heterocycles. The molecule has 0 saturated heterocycles. The summed E-state index contributed by atoms with van der Waals surface area (Å²) in [6.45, 7) is 0.0391. The number of likely N-dealkylation sites (N-methyl/N-ethyl adjacent to an activating group) is 1. The summed E-state index contributed by atoms with van der Waals surface area (Å²) in [7, 11) is 1.70. The van der Waals surface area contributed by atoms with Crippen LogP contribution in [-0.4, -0.2) is 30.5 Å². The van der Waals surface area contributed by atoms with E-state index in [4.69, 9.17) is 4.74 Å². The molecular formula is C20H17N3O3. The number of anilines is 2. The Balaban J connectivity index is 1.54. The monoisotopic (exact) mass is 347 g/mol. The highest BCUT2D eigenvalue weighted by Gasteiger charge is 2.22. The van der Waals surface area contributed by atoms with Crippen LogP contribution in [-0.2, 0) is 16.0 Å². The van der Waals surface area contributed by atoms with Crippen molar-refractivity contribution in [3.8, 4) is 5.75 Å². The molecule has 2 heterocycles. The quantitative estimate of drug-likeness (QED) is 0.791. The number of aromatic nitrogens is 1. The van der Waals surface area contributed by atoms with Crippen LogP contribution in [0.1, 0.15) is 5.56 Å². The Morgan fingerprint density at radius 2 is 2.08 bits per heavy atom. The lowest BCUT2D eigenvalue weighted by molar-refractivity contribution is -0.121. The van der Waals surface area contributed by atoms with Crippen molar-refractivity contribution in [1.29, 1.82) is 0 Å². The van der Waals surface area contributed by atoms with Crippen molar-refractivity contribution in [2.24, 2.45) is 0 Å². The molecule has 4 rings (SSSR count). The first-order valence-electron chi connectivity index (χ1n) is 8.28. The lowest BCUT2D eigenvalue weighted by atomic mass is 10.1. The minimum atomic E-state index is -0.145. The minimum absolute atomic E-state index is 0.0391. The number of hydrogen-bond donors (Lipinski definition) is 1. The number of nitrogens with zero attached hydrogens (tertiary/aromatic N) is 2. The zero-order chi connectivity index (χ0) is 18.1. The van der Waals surface area contributed by atoms with Gasteiger partial charge in [-0.15, -0.1) is 0 Å². The Labute approximate surface area is 150 Å². The van der Waals surface area contributed by atoms with Crippen molar-refractivity contribution in [3.63, 3.8) is 0 Å². The number of rotatable bonds is 3. The predicted octanol–water partition coefficient (Wildman–Crippen LogP) is 2.77. The molecule has 0 atom stereocenters. The molecular weight excluding hydrogens is 330 g/mol. The van der Waals surface area contributed by atoms with Crippen molar-refractivity contribution in [1.82, 2.24) is 4.98 Å². The van der Waals surface area contributed by atoms with Crippen molar-refractivity contribution in [3.05, 3.63) is 60.3 Å². The fraction of sp³-hybridized carbons (Fsp3) is 0.150. The van der Waals surface area contributed by atoms with Crippen LogP contribution < -0.4 is 15.0 Å². The van der Waals surface area contributed by atoms with E-state index in [1.54, 1.807) is 24.2 Å². The average Bonchev–Trinajstić information content (AvgIpc) is 2.65. The summed E-state index contributed by atoms with van der Waals surface area (Å²) in [6.07, 6.45) is 1.90. The number of amides is 2. The van der Waals surface area contributed by atoms with E-state index in [2.05, 4.69) is 10.3 Å². The van der Waals surface area contributed by atoms with Crippen LogP contribution in [0.5, 0.6) is 5.75 Å². The van der Waals surface area contributed by atoms with Crippen LogP contribution in [0.2, 0.25) is 0 Å². The summed E-state index contributed by atoms with van der Waals surface area (Å²) in [5.41, 5.74) is 2.92. The van der Waals surface area contributed by atoms with Crippen LogP contribution in [0, 0.1) is 0 Å². The van der Waals surface area contributed by atoms with Gasteiger partial charge in [-0.1, -0.05) is 24.3 Å². The second kappa shape index (κ2) is 6.48. The van der Waals surface area contributed by atoms with Gasteiger partial charge in [-0.2, -0.15) is 0 Å². The van der Waals surface area contributed by atoms with Crippen molar-refractivity contribution in [2.45, 2.75) is 6.42 Å². The first kappa shape index (κ1) is 16.1. The zero-order valence-electron chi connectivity index (χ0n) is 14.2. The van der Waals surface area contributed by atoms with E-state index in [0.717, 1.165) is 16.5 Å². The number of carbonyl (C=O) groups is 2. The van der Waals surface area contributed by atoms with Crippen molar-refractivity contribution < 1.29 is 14.3 Å². The van der Waals surface area contributed by atoms with Crippen LogP contribution in [0.4, 0.5) is 11.4 Å². The molecule has 1 aliphatic rings. The second-order valence-corrected chi connectivity index (χ2v) is 6.15. The van der Waals surface area contributed by atoms with Gasteiger partial charge in [0, 0.05) is 18.6 Å². The number of carbonyl (C=O) groups excluding carboxylic acids is 2. The lowest BCUT2D eigenvalue weighted by Gasteiger charge is -2.26. The van der Waals surface area contributed by atoms with Gasteiger partial charge in [0.25, 0.3) is 5.91 Å². The van der Waals surface area contributed by atoms with Crippen LogP contribution >= 0.6 is 0 Å². The summed E-state index contributed by atoms with van der Waals surface area (Å²) in [6, 6.07) is 14.9. The van der Waals surface area contributed by atoms with Crippen LogP contribution in [0.3, 0.4) is 0 Å². The summed E-state index contributed by atoms with van der Waals surface area (Å²) >= 11 is 0. The smallest absolute Gasteiger partial charge is 0.264 e. The van der Waals surface area contributed by atoms with E-state index in [-0.39, 0.29) is 24.8 Å². The molecule has 3 aromatic rings. The number of nitrogens with one attached hydrogen (secondary N) is 1. The van der Waals surface area contributed by atoms with Crippen LogP contribution in [0.25, 0.3) is 10.9 Å². The van der Waals surface area contributed by atoms with Gasteiger partial charge in [0.15, 0.2) is 6.61 Å². The molecule has 0 radical (unpaired) electrons. The number of para-hydroxylation sites is 1. The highest BCUT2D eigenvalue weighted by Crippen LogP contribution is 2.32. The average molecular weight is 347 g/mol. The lowest BCUT2D eigenvalue weighted by Crippen LogP contribution is -2.35. The number of ether oxygens (including phenoxy) is 1. The molecule has 0 bridgehead atoms. The Morgan fingerprint density at radius 1 is 1.23 bits per heavy atom. The number of fused-ring (bicyclic) bond motifs is 2. The maximum Gasteiger partial charge on any atom is 0.264 e. The molecule has 0 saturated carbocycles.